The molecule has 100 valence electrons. The van der Waals surface area contributed by atoms with Crippen LogP contribution in [-0.2, 0) is 4.79 Å². The van der Waals surface area contributed by atoms with E-state index >= 15 is 0 Å². The van der Waals surface area contributed by atoms with E-state index in [0.29, 0.717) is 12.5 Å². The van der Waals surface area contributed by atoms with Crippen LogP contribution in [0.25, 0.3) is 0 Å². The summed E-state index contributed by atoms with van der Waals surface area (Å²) >= 11 is 1.64. The van der Waals surface area contributed by atoms with Gasteiger partial charge in [0.05, 0.1) is 6.04 Å². The molecule has 0 radical (unpaired) electrons. The van der Waals surface area contributed by atoms with E-state index in [0.717, 1.165) is 24.3 Å². The molecule has 0 aromatic carbocycles. The average molecular weight is 267 g/mol. The number of carbonyl (C=O) groups is 1. The number of nitrogens with two attached hydrogens (primary N) is 1. The molecule has 2 rings (SSSR count). The molecule has 1 aliphatic carbocycles. The summed E-state index contributed by atoms with van der Waals surface area (Å²) < 4.78 is 0. The van der Waals surface area contributed by atoms with Gasteiger partial charge in [0.1, 0.15) is 5.01 Å². The zero-order chi connectivity index (χ0) is 13.1. The van der Waals surface area contributed by atoms with Gasteiger partial charge in [0.25, 0.3) is 0 Å². The first-order chi connectivity index (χ1) is 8.61. The molecule has 0 spiro atoms. The van der Waals surface area contributed by atoms with E-state index in [4.69, 9.17) is 5.73 Å². The van der Waals surface area contributed by atoms with Crippen molar-refractivity contribution in [3.63, 3.8) is 0 Å². The van der Waals surface area contributed by atoms with Gasteiger partial charge >= 0.3 is 0 Å². The highest BCUT2D eigenvalue weighted by atomic mass is 32.1. The maximum Gasteiger partial charge on any atom is 0.223 e. The molecule has 1 amide bonds. The van der Waals surface area contributed by atoms with E-state index in [1.54, 1.807) is 11.3 Å². The summed E-state index contributed by atoms with van der Waals surface area (Å²) in [6.45, 7) is 4.63. The van der Waals surface area contributed by atoms with Gasteiger partial charge in [-0.3, -0.25) is 4.79 Å². The summed E-state index contributed by atoms with van der Waals surface area (Å²) in [5.74, 6) is 0.594. The highest BCUT2D eigenvalue weighted by molar-refractivity contribution is 7.11. The third kappa shape index (κ3) is 2.90. The predicted octanol–water partition coefficient (Wildman–Crippen LogP) is 2.00. The second kappa shape index (κ2) is 5.80. The average Bonchev–Trinajstić information content (AvgIpc) is 2.96. The van der Waals surface area contributed by atoms with Crippen molar-refractivity contribution in [3.05, 3.63) is 16.1 Å². The molecule has 18 heavy (non-hydrogen) atoms. The molecule has 0 saturated heterocycles. The third-order valence-corrected chi connectivity index (χ3v) is 4.76. The molecule has 1 fully saturated rings. The first kappa shape index (κ1) is 13.5. The number of thiazole rings is 1. The zero-order valence-electron chi connectivity index (χ0n) is 11.0. The van der Waals surface area contributed by atoms with Crippen molar-refractivity contribution in [2.75, 3.05) is 6.54 Å². The van der Waals surface area contributed by atoms with Gasteiger partial charge in [0.15, 0.2) is 0 Å². The minimum Gasteiger partial charge on any atom is -0.347 e. The van der Waals surface area contributed by atoms with Crippen molar-refractivity contribution < 1.29 is 4.79 Å². The lowest BCUT2D eigenvalue weighted by Crippen LogP contribution is -2.36. The van der Waals surface area contributed by atoms with Crippen LogP contribution in [0.4, 0.5) is 0 Å². The van der Waals surface area contributed by atoms with Crippen LogP contribution >= 0.6 is 11.3 Å². The zero-order valence-corrected chi connectivity index (χ0v) is 11.8. The van der Waals surface area contributed by atoms with Gasteiger partial charge in [-0.2, -0.15) is 0 Å². The maximum absolute atomic E-state index is 12.2. The van der Waals surface area contributed by atoms with E-state index in [2.05, 4.69) is 10.3 Å². The molecule has 3 unspecified atom stereocenters. The molecule has 1 saturated carbocycles. The summed E-state index contributed by atoms with van der Waals surface area (Å²) in [6, 6.07) is -0.00442. The lowest BCUT2D eigenvalue weighted by molar-refractivity contribution is -0.126. The van der Waals surface area contributed by atoms with Crippen LogP contribution in [0.1, 0.15) is 42.1 Å². The van der Waals surface area contributed by atoms with Gasteiger partial charge in [-0.25, -0.2) is 4.98 Å². The monoisotopic (exact) mass is 267 g/mol. The molecular formula is C13H21N3OS. The molecular weight excluding hydrogens is 246 g/mol. The van der Waals surface area contributed by atoms with Crippen molar-refractivity contribution in [2.45, 2.75) is 39.2 Å². The molecule has 4 nitrogen and oxygen atoms in total. The number of nitrogens with one attached hydrogen (secondary N) is 1. The normalized spacial score (nSPS) is 25.1. The van der Waals surface area contributed by atoms with E-state index in [9.17, 15) is 4.79 Å². The Kier molecular flexibility index (Phi) is 4.35. The third-order valence-electron chi connectivity index (χ3n) is 3.67. The fraction of sp³-hybridized carbons (Fsp3) is 0.692. The smallest absolute Gasteiger partial charge is 0.223 e. The van der Waals surface area contributed by atoms with Gasteiger partial charge in [-0.1, -0.05) is 6.42 Å². The fourth-order valence-electron chi connectivity index (χ4n) is 2.62. The summed E-state index contributed by atoms with van der Waals surface area (Å²) in [7, 11) is 0. The summed E-state index contributed by atoms with van der Waals surface area (Å²) in [4.78, 5) is 17.7. The standard InChI is InChI=1S/C13H21N3OS/c1-8-7-15-13(18-8)9(2)16-12(17)11-5-3-4-10(11)6-14/h7,9-11H,3-6,14H2,1-2H3,(H,16,17). The van der Waals surface area contributed by atoms with Gasteiger partial charge in [-0.15, -0.1) is 11.3 Å². The molecule has 1 aromatic heterocycles. The predicted molar refractivity (Wildman–Crippen MR) is 73.3 cm³/mol. The number of aromatic nitrogens is 1. The number of amides is 1. The van der Waals surface area contributed by atoms with Crippen molar-refractivity contribution >= 4 is 17.2 Å². The molecule has 0 aliphatic heterocycles. The quantitative estimate of drug-likeness (QED) is 0.876. The molecule has 5 heteroatoms. The Morgan fingerprint density at radius 3 is 3.06 bits per heavy atom. The molecule has 0 bridgehead atoms. The Bertz CT molecular complexity index is 418. The second-order valence-corrected chi connectivity index (χ2v) is 6.34. The minimum atomic E-state index is -0.00442. The number of hydrogen-bond donors (Lipinski definition) is 2. The fourth-order valence-corrected chi connectivity index (χ4v) is 3.40. The largest absolute Gasteiger partial charge is 0.347 e. The van der Waals surface area contributed by atoms with E-state index < -0.39 is 0 Å². The number of aryl methyl sites for hydroxylation is 1. The van der Waals surface area contributed by atoms with Crippen LogP contribution in [0.3, 0.4) is 0 Å². The highest BCUT2D eigenvalue weighted by Crippen LogP contribution is 2.31. The Morgan fingerprint density at radius 1 is 1.67 bits per heavy atom. The topological polar surface area (TPSA) is 68.0 Å². The molecule has 3 N–H and O–H groups in total. The highest BCUT2D eigenvalue weighted by Gasteiger charge is 2.32. The lowest BCUT2D eigenvalue weighted by atomic mass is 9.95. The van der Waals surface area contributed by atoms with Crippen LogP contribution in [-0.4, -0.2) is 17.4 Å². The van der Waals surface area contributed by atoms with E-state index in [1.165, 1.54) is 4.88 Å². The van der Waals surface area contributed by atoms with E-state index in [-0.39, 0.29) is 17.9 Å². The van der Waals surface area contributed by atoms with Gasteiger partial charge in [0, 0.05) is 17.0 Å². The Hall–Kier alpha value is -0.940. The van der Waals surface area contributed by atoms with Crippen LogP contribution < -0.4 is 11.1 Å². The number of rotatable bonds is 4. The Balaban J connectivity index is 1.94. The van der Waals surface area contributed by atoms with Crippen molar-refractivity contribution in [1.82, 2.24) is 10.3 Å². The molecule has 1 heterocycles. The van der Waals surface area contributed by atoms with Gasteiger partial charge in [0.2, 0.25) is 5.91 Å². The molecule has 1 aliphatic rings. The number of carbonyl (C=O) groups excluding carboxylic acids is 1. The SMILES string of the molecule is Cc1cnc(C(C)NC(=O)C2CCCC2CN)s1. The van der Waals surface area contributed by atoms with Gasteiger partial charge < -0.3 is 11.1 Å². The van der Waals surface area contributed by atoms with Crippen LogP contribution in [0, 0.1) is 18.8 Å². The first-order valence-corrected chi connectivity index (χ1v) is 7.36. The Morgan fingerprint density at radius 2 is 2.44 bits per heavy atom. The van der Waals surface area contributed by atoms with E-state index in [1.807, 2.05) is 20.0 Å². The summed E-state index contributed by atoms with van der Waals surface area (Å²) in [5.41, 5.74) is 5.72. The van der Waals surface area contributed by atoms with Crippen molar-refractivity contribution in [3.8, 4) is 0 Å². The lowest BCUT2D eigenvalue weighted by Gasteiger charge is -2.19. The number of hydrogen-bond acceptors (Lipinski definition) is 4. The molecule has 3 atom stereocenters. The van der Waals surface area contributed by atoms with Crippen LogP contribution in [0.5, 0.6) is 0 Å². The second-order valence-electron chi connectivity index (χ2n) is 5.07. The van der Waals surface area contributed by atoms with Crippen LogP contribution in [0.2, 0.25) is 0 Å². The summed E-state index contributed by atoms with van der Waals surface area (Å²) in [5, 5.41) is 4.04. The first-order valence-electron chi connectivity index (χ1n) is 6.54. The van der Waals surface area contributed by atoms with Gasteiger partial charge in [-0.05, 0) is 39.2 Å². The van der Waals surface area contributed by atoms with Crippen LogP contribution in [0.15, 0.2) is 6.20 Å². The summed E-state index contributed by atoms with van der Waals surface area (Å²) in [6.07, 6.45) is 5.02. The number of nitrogens with zero attached hydrogens (tertiary/aromatic N) is 1. The molecule has 1 aromatic rings. The van der Waals surface area contributed by atoms with Crippen molar-refractivity contribution in [1.29, 1.82) is 0 Å². The van der Waals surface area contributed by atoms with Crippen molar-refractivity contribution in [2.24, 2.45) is 17.6 Å². The maximum atomic E-state index is 12.2. The Labute approximate surface area is 112 Å². The minimum absolute atomic E-state index is 0.00442.